The molecule has 0 saturated carbocycles. The molecule has 0 aliphatic carbocycles. The topological polar surface area (TPSA) is 0 Å². The summed E-state index contributed by atoms with van der Waals surface area (Å²) in [5.74, 6) is 0.962. The number of hydrogen-bond acceptors (Lipinski definition) is 0. The Hall–Kier alpha value is 0. The molecule has 0 aliphatic rings. The molecule has 0 saturated heterocycles. The van der Waals surface area contributed by atoms with E-state index in [1.54, 1.807) is 0 Å². The number of unbranched alkanes of at least 4 members (excludes halogenated alkanes) is 7. The smallest absolute Gasteiger partial charge is 0.0443 e. The molecule has 0 aliphatic heterocycles. The van der Waals surface area contributed by atoms with Gasteiger partial charge in [0.1, 0.15) is 0 Å². The zero-order valence-electron chi connectivity index (χ0n) is 11.1. The Morgan fingerprint density at radius 2 is 1.33 bits per heavy atom. The van der Waals surface area contributed by atoms with Crippen LogP contribution in [0.25, 0.3) is 0 Å². The Balaban J connectivity index is 3.06. The monoisotopic (exact) mass is 211 g/mol. The first-order chi connectivity index (χ1) is 7.31. The molecule has 0 nitrogen and oxygen atoms in total. The lowest BCUT2D eigenvalue weighted by Gasteiger charge is -2.10. The molecule has 0 heterocycles. The normalized spacial score (nSPS) is 13.0. The molecule has 0 N–H and O–H groups in total. The SMILES string of the molecule is [CH2]CCCCCCCC(C)CCCCC. The lowest BCUT2D eigenvalue weighted by atomic mass is 9.96. The molecule has 0 aromatic heterocycles. The standard InChI is InChI=1S/C15H31/c1-4-6-8-9-10-12-14-15(3)13-11-7-5-2/h15H,1,4-14H2,2-3H3. The summed E-state index contributed by atoms with van der Waals surface area (Å²) in [6.07, 6.45) is 15.3. The van der Waals surface area contributed by atoms with E-state index in [2.05, 4.69) is 20.8 Å². The fraction of sp³-hybridized carbons (Fsp3) is 0.933. The van der Waals surface area contributed by atoms with Crippen LogP contribution in [0.1, 0.15) is 84.5 Å². The molecule has 1 atom stereocenters. The number of hydrogen-bond donors (Lipinski definition) is 0. The summed E-state index contributed by atoms with van der Waals surface area (Å²) in [6, 6.07) is 0. The van der Waals surface area contributed by atoms with Crippen molar-refractivity contribution >= 4 is 0 Å². The average molecular weight is 211 g/mol. The van der Waals surface area contributed by atoms with Crippen LogP contribution in [0.2, 0.25) is 0 Å². The molecule has 0 spiro atoms. The Kier molecular flexibility index (Phi) is 12.1. The van der Waals surface area contributed by atoms with E-state index in [1.165, 1.54) is 64.2 Å². The van der Waals surface area contributed by atoms with E-state index in [0.29, 0.717) is 0 Å². The minimum Gasteiger partial charge on any atom is -0.0654 e. The van der Waals surface area contributed by atoms with Gasteiger partial charge >= 0.3 is 0 Å². The van der Waals surface area contributed by atoms with Crippen LogP contribution in [-0.2, 0) is 0 Å². The van der Waals surface area contributed by atoms with Crippen molar-refractivity contribution < 1.29 is 0 Å². The van der Waals surface area contributed by atoms with Crippen molar-refractivity contribution in [3.05, 3.63) is 6.92 Å². The highest BCUT2D eigenvalue weighted by molar-refractivity contribution is 4.55. The zero-order chi connectivity index (χ0) is 11.4. The van der Waals surface area contributed by atoms with Gasteiger partial charge in [0.25, 0.3) is 0 Å². The van der Waals surface area contributed by atoms with Crippen molar-refractivity contribution in [2.45, 2.75) is 84.5 Å². The lowest BCUT2D eigenvalue weighted by molar-refractivity contribution is 0.437. The van der Waals surface area contributed by atoms with Crippen LogP contribution in [0, 0.1) is 12.8 Å². The second kappa shape index (κ2) is 12.1. The lowest BCUT2D eigenvalue weighted by Crippen LogP contribution is -1.94. The Morgan fingerprint density at radius 1 is 0.800 bits per heavy atom. The Morgan fingerprint density at radius 3 is 1.93 bits per heavy atom. The summed E-state index contributed by atoms with van der Waals surface area (Å²) in [7, 11) is 0. The van der Waals surface area contributed by atoms with E-state index in [1.807, 2.05) is 0 Å². The van der Waals surface area contributed by atoms with Crippen LogP contribution >= 0.6 is 0 Å². The fourth-order valence-electron chi connectivity index (χ4n) is 2.09. The zero-order valence-corrected chi connectivity index (χ0v) is 11.1. The highest BCUT2D eigenvalue weighted by atomic mass is 14.1. The first-order valence-electron chi connectivity index (χ1n) is 7.10. The van der Waals surface area contributed by atoms with Crippen LogP contribution in [-0.4, -0.2) is 0 Å². The van der Waals surface area contributed by atoms with E-state index in [-0.39, 0.29) is 0 Å². The van der Waals surface area contributed by atoms with Crippen molar-refractivity contribution in [3.63, 3.8) is 0 Å². The van der Waals surface area contributed by atoms with Crippen LogP contribution in [0.15, 0.2) is 0 Å². The molecule has 0 fully saturated rings. The van der Waals surface area contributed by atoms with E-state index < -0.39 is 0 Å². The molecule has 1 unspecified atom stereocenters. The predicted octanol–water partition coefficient (Wildman–Crippen LogP) is 5.77. The highest BCUT2D eigenvalue weighted by Gasteiger charge is 2.01. The molecule has 0 aromatic rings. The molecule has 91 valence electrons. The molecule has 0 heteroatoms. The third-order valence-corrected chi connectivity index (χ3v) is 3.25. The second-order valence-electron chi connectivity index (χ2n) is 5.01. The van der Waals surface area contributed by atoms with Gasteiger partial charge in [-0.25, -0.2) is 0 Å². The van der Waals surface area contributed by atoms with Crippen LogP contribution in [0.4, 0.5) is 0 Å². The molecular formula is C15H31. The summed E-state index contributed by atoms with van der Waals surface area (Å²) in [4.78, 5) is 0. The van der Waals surface area contributed by atoms with Gasteiger partial charge in [-0.1, -0.05) is 91.4 Å². The maximum atomic E-state index is 3.87. The average Bonchev–Trinajstić information content (AvgIpc) is 2.23. The van der Waals surface area contributed by atoms with Crippen LogP contribution in [0.3, 0.4) is 0 Å². The van der Waals surface area contributed by atoms with Gasteiger partial charge in [-0.2, -0.15) is 0 Å². The van der Waals surface area contributed by atoms with Gasteiger partial charge in [0.2, 0.25) is 0 Å². The van der Waals surface area contributed by atoms with E-state index in [9.17, 15) is 0 Å². The van der Waals surface area contributed by atoms with Crippen molar-refractivity contribution in [3.8, 4) is 0 Å². The van der Waals surface area contributed by atoms with Gasteiger partial charge in [-0.15, -0.1) is 0 Å². The quantitative estimate of drug-likeness (QED) is 0.381. The summed E-state index contributed by atoms with van der Waals surface area (Å²) in [5, 5.41) is 0. The summed E-state index contributed by atoms with van der Waals surface area (Å²) in [6.45, 7) is 8.58. The minimum atomic E-state index is 0.962. The van der Waals surface area contributed by atoms with Gasteiger partial charge in [-0.05, 0) is 5.92 Å². The number of rotatable bonds is 11. The maximum Gasteiger partial charge on any atom is -0.0443 e. The predicted molar refractivity (Wildman–Crippen MR) is 71.0 cm³/mol. The Labute approximate surface area is 97.8 Å². The Bertz CT molecular complexity index is 107. The fourth-order valence-corrected chi connectivity index (χ4v) is 2.09. The second-order valence-corrected chi connectivity index (χ2v) is 5.01. The van der Waals surface area contributed by atoms with Crippen molar-refractivity contribution in [1.29, 1.82) is 0 Å². The van der Waals surface area contributed by atoms with Gasteiger partial charge in [0, 0.05) is 0 Å². The van der Waals surface area contributed by atoms with Crippen molar-refractivity contribution in [2.24, 2.45) is 5.92 Å². The van der Waals surface area contributed by atoms with E-state index >= 15 is 0 Å². The highest BCUT2D eigenvalue weighted by Crippen LogP contribution is 2.17. The first kappa shape index (κ1) is 15.0. The molecule has 0 amide bonds. The molecule has 1 radical (unpaired) electrons. The third-order valence-electron chi connectivity index (χ3n) is 3.25. The molecule has 0 aromatic carbocycles. The van der Waals surface area contributed by atoms with E-state index in [0.717, 1.165) is 12.3 Å². The van der Waals surface area contributed by atoms with Gasteiger partial charge in [0.05, 0.1) is 0 Å². The first-order valence-corrected chi connectivity index (χ1v) is 7.10. The molecule has 0 rings (SSSR count). The van der Waals surface area contributed by atoms with Gasteiger partial charge in [0.15, 0.2) is 0 Å². The molecular weight excluding hydrogens is 180 g/mol. The third kappa shape index (κ3) is 11.9. The molecule has 15 heavy (non-hydrogen) atoms. The molecule has 0 bridgehead atoms. The minimum absolute atomic E-state index is 0.962. The van der Waals surface area contributed by atoms with Crippen LogP contribution in [0.5, 0.6) is 0 Å². The maximum absolute atomic E-state index is 3.87. The summed E-state index contributed by atoms with van der Waals surface area (Å²) < 4.78 is 0. The van der Waals surface area contributed by atoms with Gasteiger partial charge < -0.3 is 0 Å². The van der Waals surface area contributed by atoms with Crippen molar-refractivity contribution in [1.82, 2.24) is 0 Å². The van der Waals surface area contributed by atoms with Crippen LogP contribution < -0.4 is 0 Å². The summed E-state index contributed by atoms with van der Waals surface area (Å²) >= 11 is 0. The van der Waals surface area contributed by atoms with Crippen molar-refractivity contribution in [2.75, 3.05) is 0 Å². The largest absolute Gasteiger partial charge is 0.0654 e. The van der Waals surface area contributed by atoms with Gasteiger partial charge in [-0.3, -0.25) is 0 Å². The summed E-state index contributed by atoms with van der Waals surface area (Å²) in [5.41, 5.74) is 0. The van der Waals surface area contributed by atoms with E-state index in [4.69, 9.17) is 0 Å².